The first kappa shape index (κ1) is 23.5. The number of nitrogens with two attached hydrogens (primary N) is 1. The molecule has 180 valence electrons. The molecule has 2 aliphatic heterocycles. The molecule has 2 N–H and O–H groups in total. The Labute approximate surface area is 216 Å². The van der Waals surface area contributed by atoms with E-state index in [1.807, 2.05) is 36.9 Å². The zero-order chi connectivity index (χ0) is 23.8. The van der Waals surface area contributed by atoms with Gasteiger partial charge < -0.3 is 24.7 Å². The van der Waals surface area contributed by atoms with Gasteiger partial charge in [-0.25, -0.2) is 9.97 Å². The minimum atomic E-state index is 0.0616. The monoisotopic (exact) mass is 593 g/mol. The Bertz CT molecular complexity index is 1220. The number of hydrogen-bond donors (Lipinski definition) is 1. The van der Waals surface area contributed by atoms with Crippen molar-refractivity contribution in [2.75, 3.05) is 25.6 Å². The minimum Gasteiger partial charge on any atom is -0.454 e. The van der Waals surface area contributed by atoms with Crippen LogP contribution in [0.3, 0.4) is 0 Å². The van der Waals surface area contributed by atoms with Crippen LogP contribution >= 0.6 is 34.4 Å². The van der Waals surface area contributed by atoms with Crippen LogP contribution < -0.4 is 15.2 Å². The van der Waals surface area contributed by atoms with Crippen molar-refractivity contribution in [1.29, 1.82) is 0 Å². The maximum Gasteiger partial charge on any atom is 0.231 e. The number of benzene rings is 1. The lowest BCUT2D eigenvalue weighted by atomic mass is 9.93. The zero-order valence-electron chi connectivity index (χ0n) is 19.3. The highest BCUT2D eigenvalue weighted by atomic mass is 127. The molecule has 1 fully saturated rings. The van der Waals surface area contributed by atoms with Crippen molar-refractivity contribution >= 4 is 57.1 Å². The number of ether oxygens (including phenoxy) is 2. The number of carbonyl (C=O) groups excluding carboxylic acids is 1. The lowest BCUT2D eigenvalue weighted by Crippen LogP contribution is -2.40. The van der Waals surface area contributed by atoms with Crippen LogP contribution in [0.4, 0.5) is 5.82 Å². The van der Waals surface area contributed by atoms with Gasteiger partial charge in [0.25, 0.3) is 0 Å². The first-order valence-corrected chi connectivity index (χ1v) is 13.5. The van der Waals surface area contributed by atoms with Crippen molar-refractivity contribution in [1.82, 2.24) is 19.4 Å². The van der Waals surface area contributed by atoms with Gasteiger partial charge in [-0.05, 0) is 66.0 Å². The number of hydrogen-bond acceptors (Lipinski definition) is 7. The Morgan fingerprint density at radius 3 is 2.74 bits per heavy atom. The second kappa shape index (κ2) is 9.80. The van der Waals surface area contributed by atoms with Gasteiger partial charge in [0.2, 0.25) is 12.7 Å². The first-order chi connectivity index (χ1) is 16.4. The zero-order valence-corrected chi connectivity index (χ0v) is 22.3. The number of nitrogen functional groups attached to an aromatic ring is 1. The Morgan fingerprint density at radius 2 is 2.00 bits per heavy atom. The molecular weight excluding hydrogens is 565 g/mol. The van der Waals surface area contributed by atoms with Gasteiger partial charge in [0.15, 0.2) is 22.5 Å². The number of nitrogens with zero attached hydrogens (tertiary/aromatic N) is 4. The van der Waals surface area contributed by atoms with Crippen LogP contribution in [0, 0.1) is 15.4 Å². The number of pyridine rings is 1. The van der Waals surface area contributed by atoms with Crippen molar-refractivity contribution in [3.05, 3.63) is 28.0 Å². The van der Waals surface area contributed by atoms with Crippen LogP contribution in [0.1, 0.15) is 33.1 Å². The van der Waals surface area contributed by atoms with E-state index in [0.717, 1.165) is 75.1 Å². The molecular formula is C24H28IN5O3S. The van der Waals surface area contributed by atoms with Crippen molar-refractivity contribution < 1.29 is 14.3 Å². The largest absolute Gasteiger partial charge is 0.454 e. The fourth-order valence-corrected chi connectivity index (χ4v) is 6.26. The lowest BCUT2D eigenvalue weighted by molar-refractivity contribution is -0.135. The van der Waals surface area contributed by atoms with Gasteiger partial charge in [-0.3, -0.25) is 4.79 Å². The molecule has 0 unspecified atom stereocenters. The van der Waals surface area contributed by atoms with E-state index < -0.39 is 0 Å². The molecule has 10 heteroatoms. The van der Waals surface area contributed by atoms with Gasteiger partial charge in [-0.1, -0.05) is 25.6 Å². The summed E-state index contributed by atoms with van der Waals surface area (Å²) < 4.78 is 14.4. The maximum atomic E-state index is 12.3. The van der Waals surface area contributed by atoms with E-state index in [2.05, 4.69) is 32.1 Å². The average molecular weight is 593 g/mol. The van der Waals surface area contributed by atoms with Gasteiger partial charge in [-0.2, -0.15) is 0 Å². The number of aryl methyl sites for hydroxylation is 1. The number of amides is 1. The number of fused-ring (bicyclic) bond motifs is 2. The van der Waals surface area contributed by atoms with Crippen LogP contribution in [0.15, 0.2) is 34.4 Å². The molecule has 0 radical (unpaired) electrons. The lowest BCUT2D eigenvalue weighted by Gasteiger charge is -2.33. The van der Waals surface area contributed by atoms with Gasteiger partial charge in [-0.15, -0.1) is 0 Å². The standard InChI is InChI=1S/C24H28IN5O3S/c1-14(2)23(31)29-8-4-15(5-9-29)6-10-30-17-3-7-27-22(26)21(17)28-24(30)34-20-12-19-18(11-16(20)25)32-13-33-19/h3,7,11-12,14-15H,4-6,8-10,13H2,1-2H3,(H2,26,27). The van der Waals surface area contributed by atoms with E-state index >= 15 is 0 Å². The molecule has 3 aromatic rings. The predicted octanol–water partition coefficient (Wildman–Crippen LogP) is 4.78. The smallest absolute Gasteiger partial charge is 0.231 e. The fourth-order valence-electron chi connectivity index (χ4n) is 4.54. The molecule has 2 aliphatic rings. The maximum absolute atomic E-state index is 12.3. The summed E-state index contributed by atoms with van der Waals surface area (Å²) in [5.41, 5.74) is 7.90. The number of carbonyl (C=O) groups is 1. The summed E-state index contributed by atoms with van der Waals surface area (Å²) in [4.78, 5) is 24.5. The summed E-state index contributed by atoms with van der Waals surface area (Å²) in [7, 11) is 0. The highest BCUT2D eigenvalue weighted by Crippen LogP contribution is 2.42. The van der Waals surface area contributed by atoms with Crippen molar-refractivity contribution in [2.24, 2.45) is 11.8 Å². The number of aromatic nitrogens is 3. The number of anilines is 1. The number of likely N-dealkylation sites (tertiary alicyclic amines) is 1. The Kier molecular flexibility index (Phi) is 6.79. The summed E-state index contributed by atoms with van der Waals surface area (Å²) in [6.45, 7) is 6.73. The number of imidazole rings is 1. The van der Waals surface area contributed by atoms with Crippen molar-refractivity contribution in [3.63, 3.8) is 0 Å². The topological polar surface area (TPSA) is 95.5 Å². The molecule has 0 spiro atoms. The van der Waals surface area contributed by atoms with E-state index in [4.69, 9.17) is 20.2 Å². The quantitative estimate of drug-likeness (QED) is 0.411. The molecule has 2 aromatic heterocycles. The molecule has 1 aromatic carbocycles. The number of rotatable bonds is 6. The molecule has 0 aliphatic carbocycles. The summed E-state index contributed by atoms with van der Waals surface area (Å²) in [6, 6.07) is 6.00. The number of piperidine rings is 1. The van der Waals surface area contributed by atoms with Gasteiger partial charge in [0, 0.05) is 40.2 Å². The molecule has 4 heterocycles. The van der Waals surface area contributed by atoms with E-state index in [9.17, 15) is 4.79 Å². The Hall–Kier alpha value is -2.21. The highest BCUT2D eigenvalue weighted by Gasteiger charge is 2.25. The summed E-state index contributed by atoms with van der Waals surface area (Å²) in [6.07, 6.45) is 4.85. The Balaban J connectivity index is 1.36. The molecule has 8 nitrogen and oxygen atoms in total. The molecule has 0 bridgehead atoms. The van der Waals surface area contributed by atoms with Crippen molar-refractivity contribution in [2.45, 2.75) is 49.7 Å². The summed E-state index contributed by atoms with van der Waals surface area (Å²) >= 11 is 3.93. The molecule has 34 heavy (non-hydrogen) atoms. The summed E-state index contributed by atoms with van der Waals surface area (Å²) in [5, 5.41) is 0.888. The highest BCUT2D eigenvalue weighted by molar-refractivity contribution is 14.1. The van der Waals surface area contributed by atoms with E-state index in [-0.39, 0.29) is 18.6 Å². The predicted molar refractivity (Wildman–Crippen MR) is 140 cm³/mol. The second-order valence-electron chi connectivity index (χ2n) is 9.06. The third kappa shape index (κ3) is 4.66. The number of halogens is 1. The van der Waals surface area contributed by atoms with E-state index in [1.54, 1.807) is 18.0 Å². The Morgan fingerprint density at radius 1 is 1.26 bits per heavy atom. The fraction of sp³-hybridized carbons (Fsp3) is 0.458. The third-order valence-electron chi connectivity index (χ3n) is 6.47. The third-order valence-corrected chi connectivity index (χ3v) is 8.78. The van der Waals surface area contributed by atoms with Gasteiger partial charge >= 0.3 is 0 Å². The van der Waals surface area contributed by atoms with Crippen LogP contribution in [-0.4, -0.2) is 45.2 Å². The molecule has 0 saturated carbocycles. The SMILES string of the molecule is CC(C)C(=O)N1CCC(CCn2c(Sc3cc4c(cc3I)OCO4)nc3c(N)nccc32)CC1. The minimum absolute atomic E-state index is 0.0616. The van der Waals surface area contributed by atoms with E-state index in [0.29, 0.717) is 11.7 Å². The molecule has 0 atom stereocenters. The van der Waals surface area contributed by atoms with Crippen molar-refractivity contribution in [3.8, 4) is 11.5 Å². The van der Waals surface area contributed by atoms with Gasteiger partial charge in [0.1, 0.15) is 5.52 Å². The van der Waals surface area contributed by atoms with Crippen LogP contribution in [0.5, 0.6) is 11.5 Å². The van der Waals surface area contributed by atoms with Crippen LogP contribution in [-0.2, 0) is 11.3 Å². The second-order valence-corrected chi connectivity index (χ2v) is 11.2. The van der Waals surface area contributed by atoms with E-state index in [1.165, 1.54) is 0 Å². The first-order valence-electron chi connectivity index (χ1n) is 11.6. The average Bonchev–Trinajstić information content (AvgIpc) is 3.42. The normalized spacial score (nSPS) is 16.1. The van der Waals surface area contributed by atoms with Crippen LogP contribution in [0.25, 0.3) is 11.0 Å². The summed E-state index contributed by atoms with van der Waals surface area (Å²) in [5.74, 6) is 2.88. The van der Waals surface area contributed by atoms with Crippen LogP contribution in [0.2, 0.25) is 0 Å². The molecule has 1 saturated heterocycles. The van der Waals surface area contributed by atoms with Gasteiger partial charge in [0.05, 0.1) is 5.52 Å². The molecule has 1 amide bonds. The molecule has 5 rings (SSSR count).